The van der Waals surface area contributed by atoms with Gasteiger partial charge in [-0.1, -0.05) is 29.3 Å². The molecule has 17 heteroatoms. The van der Waals surface area contributed by atoms with Crippen LogP contribution in [-0.2, 0) is 14.4 Å². The van der Waals surface area contributed by atoms with Gasteiger partial charge in [0.25, 0.3) is 11.7 Å². The highest BCUT2D eigenvalue weighted by Gasteiger charge is 2.40. The molecule has 2 aromatic heterocycles. The van der Waals surface area contributed by atoms with E-state index in [0.29, 0.717) is 61.3 Å². The number of nitrogens with zero attached hydrogens (tertiary/aromatic N) is 7. The van der Waals surface area contributed by atoms with E-state index in [9.17, 15) is 27.6 Å². The van der Waals surface area contributed by atoms with Crippen LogP contribution in [0.25, 0.3) is 5.78 Å². The number of piperidine rings is 2. The van der Waals surface area contributed by atoms with Gasteiger partial charge in [-0.3, -0.25) is 14.4 Å². The number of aliphatic carboxylic acids is 1. The number of benzene rings is 1. The van der Waals surface area contributed by atoms with Gasteiger partial charge in [-0.05, 0) is 43.0 Å². The number of aromatic nitrogens is 4. The molecule has 2 fully saturated rings. The van der Waals surface area contributed by atoms with Gasteiger partial charge in [-0.2, -0.15) is 18.2 Å². The smallest absolute Gasteiger partial charge is 0.475 e. The minimum atomic E-state index is -5.08. The predicted molar refractivity (Wildman–Crippen MR) is 156 cm³/mol. The van der Waals surface area contributed by atoms with Crippen LogP contribution >= 0.6 is 23.2 Å². The Morgan fingerprint density at radius 1 is 1.02 bits per heavy atom. The minimum absolute atomic E-state index is 0.0416. The largest absolute Gasteiger partial charge is 0.490 e. The molecule has 0 unspecified atom stereocenters. The van der Waals surface area contributed by atoms with Crippen molar-refractivity contribution in [3.05, 3.63) is 58.1 Å². The van der Waals surface area contributed by atoms with Gasteiger partial charge in [0.15, 0.2) is 0 Å². The highest BCUT2D eigenvalue weighted by molar-refractivity contribution is 6.42. The van der Waals surface area contributed by atoms with Crippen molar-refractivity contribution in [3.8, 4) is 0 Å². The number of rotatable bonds is 4. The highest BCUT2D eigenvalue weighted by atomic mass is 35.5. The molecule has 5 rings (SSSR count). The first-order chi connectivity index (χ1) is 21.2. The second-order valence-electron chi connectivity index (χ2n) is 10.7. The van der Waals surface area contributed by atoms with Crippen LogP contribution in [0.15, 0.2) is 36.7 Å². The molecule has 0 saturated carbocycles. The fourth-order valence-electron chi connectivity index (χ4n) is 5.51. The molecule has 2 atom stereocenters. The summed E-state index contributed by atoms with van der Waals surface area (Å²) in [7, 11) is 1.74. The normalized spacial score (nSPS) is 19.1. The molecule has 0 radical (unpaired) electrons. The Bertz CT molecular complexity index is 1550. The highest BCUT2D eigenvalue weighted by Crippen LogP contribution is 2.35. The monoisotopic (exact) mass is 671 g/mol. The average molecular weight is 672 g/mol. The fourth-order valence-corrected chi connectivity index (χ4v) is 5.81. The van der Waals surface area contributed by atoms with Crippen molar-refractivity contribution in [2.75, 3.05) is 33.2 Å². The van der Waals surface area contributed by atoms with Crippen molar-refractivity contribution < 1.29 is 37.5 Å². The van der Waals surface area contributed by atoms with Crippen LogP contribution < -0.4 is 0 Å². The van der Waals surface area contributed by atoms with Crippen LogP contribution in [0.1, 0.15) is 48.3 Å². The Hall–Kier alpha value is -3.98. The van der Waals surface area contributed by atoms with E-state index in [1.54, 1.807) is 48.3 Å². The summed E-state index contributed by atoms with van der Waals surface area (Å²) in [5.74, 6) is -2.83. The molecule has 2 aliphatic heterocycles. The summed E-state index contributed by atoms with van der Waals surface area (Å²) in [4.78, 5) is 61.4. The van der Waals surface area contributed by atoms with Crippen molar-refractivity contribution in [3.63, 3.8) is 0 Å². The lowest BCUT2D eigenvalue weighted by Crippen LogP contribution is -2.53. The number of alkyl halides is 3. The quantitative estimate of drug-likeness (QED) is 0.442. The van der Waals surface area contributed by atoms with Gasteiger partial charge in [0, 0.05) is 70.4 Å². The molecule has 12 nitrogen and oxygen atoms in total. The number of likely N-dealkylation sites (N-methyl/N-ethyl adjacent to an activating group) is 1. The number of carbonyl (C=O) groups excluding carboxylic acids is 3. The van der Waals surface area contributed by atoms with Crippen LogP contribution in [0.3, 0.4) is 0 Å². The molecule has 1 N–H and O–H groups in total. The van der Waals surface area contributed by atoms with Crippen molar-refractivity contribution >= 4 is 52.7 Å². The molecule has 1 aromatic carbocycles. The molecule has 0 bridgehead atoms. The Kier molecular flexibility index (Phi) is 10.5. The van der Waals surface area contributed by atoms with Gasteiger partial charge in [0.2, 0.25) is 17.6 Å². The zero-order valence-electron chi connectivity index (χ0n) is 24.2. The summed E-state index contributed by atoms with van der Waals surface area (Å²) in [6.45, 7) is 3.70. The summed E-state index contributed by atoms with van der Waals surface area (Å²) < 4.78 is 33.2. The van der Waals surface area contributed by atoms with E-state index >= 15 is 0 Å². The van der Waals surface area contributed by atoms with E-state index in [0.717, 1.165) is 5.56 Å². The number of hydrogen-bond acceptors (Lipinski definition) is 7. The van der Waals surface area contributed by atoms with E-state index in [-0.39, 0.29) is 41.4 Å². The van der Waals surface area contributed by atoms with Gasteiger partial charge in [-0.15, -0.1) is 5.10 Å². The predicted octanol–water partition coefficient (Wildman–Crippen LogP) is 3.78. The summed E-state index contributed by atoms with van der Waals surface area (Å²) in [5.41, 5.74) is 0.901. The molecule has 0 aliphatic carbocycles. The molecule has 3 aromatic rings. The zero-order chi connectivity index (χ0) is 33.1. The third-order valence-electron chi connectivity index (χ3n) is 7.92. The summed E-state index contributed by atoms with van der Waals surface area (Å²) in [6, 6.07) is 6.95. The van der Waals surface area contributed by atoms with Gasteiger partial charge in [0.1, 0.15) is 0 Å². The number of halogens is 5. The number of carboxylic acids is 1. The van der Waals surface area contributed by atoms with E-state index in [4.69, 9.17) is 33.1 Å². The first-order valence-corrected chi connectivity index (χ1v) is 14.7. The maximum Gasteiger partial charge on any atom is 0.490 e. The lowest BCUT2D eigenvalue weighted by atomic mass is 9.84. The number of fused-ring (bicyclic) bond motifs is 1. The number of hydrogen-bond donors (Lipinski definition) is 1. The lowest BCUT2D eigenvalue weighted by molar-refractivity contribution is -0.192. The molecule has 3 amide bonds. The molecule has 4 heterocycles. The Morgan fingerprint density at radius 3 is 2.24 bits per heavy atom. The summed E-state index contributed by atoms with van der Waals surface area (Å²) in [5, 5.41) is 12.3. The Labute approximate surface area is 265 Å². The molecule has 2 aliphatic rings. The number of likely N-dealkylation sites (tertiary alicyclic amines) is 2. The topological polar surface area (TPSA) is 141 Å². The minimum Gasteiger partial charge on any atom is -0.475 e. The maximum atomic E-state index is 13.5. The first kappa shape index (κ1) is 33.9. The standard InChI is InChI=1S/C26H29Cl2N7O3.C2HF3O2/c1-16(36)33-11-6-17(7-12-33)24(37)34-13-8-22(19(15-34)18-4-5-20(27)21(28)14-18)32(2)25(38)23-30-26-29-9-3-10-35(26)31-23;3-2(4,5)1(6)7/h3-5,9-10,14,17,19,22H,6-8,11-13,15H2,1-2H3;(H,6,7)/t19-,22+;/m0./s1. The molecule has 45 heavy (non-hydrogen) atoms. The van der Waals surface area contributed by atoms with E-state index < -0.39 is 12.1 Å². The van der Waals surface area contributed by atoms with Crippen LogP contribution in [-0.4, -0.2) is 109 Å². The molecular weight excluding hydrogens is 642 g/mol. The summed E-state index contributed by atoms with van der Waals surface area (Å²) >= 11 is 12.6. The average Bonchev–Trinajstić information content (AvgIpc) is 3.45. The summed E-state index contributed by atoms with van der Waals surface area (Å²) in [6.07, 6.45) is 0.0922. The molecule has 2 saturated heterocycles. The van der Waals surface area contributed by atoms with Gasteiger partial charge in [0.05, 0.1) is 10.0 Å². The van der Waals surface area contributed by atoms with Gasteiger partial charge < -0.3 is 19.8 Å². The Morgan fingerprint density at radius 2 is 1.67 bits per heavy atom. The van der Waals surface area contributed by atoms with Crippen LogP contribution in [0, 0.1) is 5.92 Å². The molecule has 242 valence electrons. The second kappa shape index (κ2) is 14.0. The second-order valence-corrected chi connectivity index (χ2v) is 11.5. The number of amides is 3. The Balaban J connectivity index is 0.000000591. The van der Waals surface area contributed by atoms with Crippen LogP contribution in [0.2, 0.25) is 10.0 Å². The van der Waals surface area contributed by atoms with Gasteiger partial charge in [-0.25, -0.2) is 14.3 Å². The fraction of sp³-hybridized carbons (Fsp3) is 0.464. The van der Waals surface area contributed by atoms with Crippen molar-refractivity contribution in [1.82, 2.24) is 34.3 Å². The van der Waals surface area contributed by atoms with E-state index in [1.165, 1.54) is 4.52 Å². The van der Waals surface area contributed by atoms with E-state index in [1.807, 2.05) is 17.0 Å². The van der Waals surface area contributed by atoms with Crippen LogP contribution in [0.5, 0.6) is 0 Å². The van der Waals surface area contributed by atoms with E-state index in [2.05, 4.69) is 15.1 Å². The third-order valence-corrected chi connectivity index (χ3v) is 8.66. The van der Waals surface area contributed by atoms with Gasteiger partial charge >= 0.3 is 12.1 Å². The zero-order valence-corrected chi connectivity index (χ0v) is 25.8. The van der Waals surface area contributed by atoms with Crippen molar-refractivity contribution in [1.29, 1.82) is 0 Å². The first-order valence-electron chi connectivity index (χ1n) is 13.9. The SMILES string of the molecule is CC(=O)N1CCC(C(=O)N2CC[C@@H](N(C)C(=O)c3nc4ncccn4n3)[C@H](c3ccc(Cl)c(Cl)c3)C2)CC1.O=C(O)C(F)(F)F. The van der Waals surface area contributed by atoms with Crippen molar-refractivity contribution in [2.45, 2.75) is 44.3 Å². The van der Waals surface area contributed by atoms with Crippen LogP contribution in [0.4, 0.5) is 13.2 Å². The molecule has 0 spiro atoms. The lowest BCUT2D eigenvalue weighted by Gasteiger charge is -2.44. The van der Waals surface area contributed by atoms with Crippen molar-refractivity contribution in [2.24, 2.45) is 5.92 Å². The maximum absolute atomic E-state index is 13.5. The number of carboxylic acid groups (broad SMARTS) is 1. The number of carbonyl (C=O) groups is 4. The molecular formula is C28H30Cl2F3N7O5. The third kappa shape index (κ3) is 8.00.